The van der Waals surface area contributed by atoms with Gasteiger partial charge in [-0.15, -0.1) is 0 Å². The number of nitrogens with two attached hydrogens (primary N) is 1. The summed E-state index contributed by atoms with van der Waals surface area (Å²) in [7, 11) is 0. The minimum absolute atomic E-state index is 0.00856. The zero-order chi connectivity index (χ0) is 10.4. The summed E-state index contributed by atoms with van der Waals surface area (Å²) >= 11 is 0. The predicted molar refractivity (Wildman–Crippen MR) is 53.1 cm³/mol. The van der Waals surface area contributed by atoms with Crippen LogP contribution in [0.25, 0.3) is 0 Å². The first-order valence-electron chi connectivity index (χ1n) is 5.17. The number of carbonyl (C=O) groups excluding carboxylic acids is 1. The molecule has 4 heteroatoms. The van der Waals surface area contributed by atoms with E-state index < -0.39 is 5.54 Å². The van der Waals surface area contributed by atoms with Crippen LogP contribution in [0.2, 0.25) is 0 Å². The van der Waals surface area contributed by atoms with E-state index in [9.17, 15) is 4.79 Å². The number of hydrogen-bond acceptors (Lipinski definition) is 4. The van der Waals surface area contributed by atoms with Gasteiger partial charge in [-0.1, -0.05) is 6.92 Å². The van der Waals surface area contributed by atoms with E-state index in [0.717, 1.165) is 6.42 Å². The summed E-state index contributed by atoms with van der Waals surface area (Å²) in [5.74, 6) is 0.00856. The summed E-state index contributed by atoms with van der Waals surface area (Å²) in [4.78, 5) is 11.7. The van der Waals surface area contributed by atoms with Gasteiger partial charge in [0, 0.05) is 19.8 Å². The fraction of sp³-hybridized carbons (Fsp3) is 0.900. The average molecular weight is 201 g/mol. The van der Waals surface area contributed by atoms with Crippen molar-refractivity contribution < 1.29 is 14.3 Å². The second kappa shape index (κ2) is 5.44. The third kappa shape index (κ3) is 3.04. The standard InChI is InChI=1S/C10H19NO3/c1-2-5-14-8-9(12)10(11)3-6-13-7-4-10/h2-8,11H2,1H3. The lowest BCUT2D eigenvalue weighted by Gasteiger charge is -2.31. The van der Waals surface area contributed by atoms with Crippen LogP contribution in [0.4, 0.5) is 0 Å². The molecule has 0 unspecified atom stereocenters. The Morgan fingerprint density at radius 2 is 2.14 bits per heavy atom. The number of Topliss-reactive ketones (excluding diaryl/α,β-unsaturated/α-hetero) is 1. The van der Waals surface area contributed by atoms with Crippen LogP contribution in [0.1, 0.15) is 26.2 Å². The summed E-state index contributed by atoms with van der Waals surface area (Å²) in [6, 6.07) is 0. The van der Waals surface area contributed by atoms with Gasteiger partial charge in [-0.05, 0) is 19.3 Å². The van der Waals surface area contributed by atoms with Gasteiger partial charge in [0.25, 0.3) is 0 Å². The number of hydrogen-bond donors (Lipinski definition) is 1. The third-order valence-electron chi connectivity index (χ3n) is 2.52. The molecule has 14 heavy (non-hydrogen) atoms. The van der Waals surface area contributed by atoms with Gasteiger partial charge in [-0.25, -0.2) is 0 Å². The minimum Gasteiger partial charge on any atom is -0.381 e. The van der Waals surface area contributed by atoms with E-state index >= 15 is 0 Å². The highest BCUT2D eigenvalue weighted by Crippen LogP contribution is 2.18. The molecule has 1 aliphatic heterocycles. The van der Waals surface area contributed by atoms with Crippen molar-refractivity contribution in [2.45, 2.75) is 31.7 Å². The smallest absolute Gasteiger partial charge is 0.178 e. The van der Waals surface area contributed by atoms with Crippen LogP contribution in [0, 0.1) is 0 Å². The molecule has 0 spiro atoms. The van der Waals surface area contributed by atoms with Crippen molar-refractivity contribution in [3.63, 3.8) is 0 Å². The number of carbonyl (C=O) groups is 1. The van der Waals surface area contributed by atoms with E-state index in [4.69, 9.17) is 15.2 Å². The topological polar surface area (TPSA) is 61.5 Å². The van der Waals surface area contributed by atoms with E-state index in [1.807, 2.05) is 6.92 Å². The van der Waals surface area contributed by atoms with Gasteiger partial charge in [0.2, 0.25) is 0 Å². The van der Waals surface area contributed by atoms with Gasteiger partial charge in [0.15, 0.2) is 5.78 Å². The van der Waals surface area contributed by atoms with Crippen molar-refractivity contribution in [2.75, 3.05) is 26.4 Å². The summed E-state index contributed by atoms with van der Waals surface area (Å²) < 4.78 is 10.4. The quantitative estimate of drug-likeness (QED) is 0.658. The molecule has 1 fully saturated rings. The molecule has 2 N–H and O–H groups in total. The molecule has 0 bridgehead atoms. The van der Waals surface area contributed by atoms with E-state index in [1.54, 1.807) is 0 Å². The first kappa shape index (κ1) is 11.6. The molecule has 0 aliphatic carbocycles. The molecule has 4 nitrogen and oxygen atoms in total. The van der Waals surface area contributed by atoms with Gasteiger partial charge < -0.3 is 15.2 Å². The van der Waals surface area contributed by atoms with Crippen LogP contribution < -0.4 is 5.73 Å². The first-order chi connectivity index (χ1) is 6.69. The molecule has 0 atom stereocenters. The summed E-state index contributed by atoms with van der Waals surface area (Å²) in [5.41, 5.74) is 5.27. The van der Waals surface area contributed by atoms with Crippen LogP contribution in [-0.4, -0.2) is 37.7 Å². The zero-order valence-corrected chi connectivity index (χ0v) is 8.75. The molecule has 0 radical (unpaired) electrons. The SMILES string of the molecule is CCCOCC(=O)C1(N)CCOCC1. The molecular formula is C10H19NO3. The number of rotatable bonds is 5. The van der Waals surface area contributed by atoms with Crippen LogP contribution in [0.3, 0.4) is 0 Å². The molecular weight excluding hydrogens is 182 g/mol. The van der Waals surface area contributed by atoms with Gasteiger partial charge in [-0.2, -0.15) is 0 Å². The molecule has 1 aliphatic rings. The Morgan fingerprint density at radius 1 is 1.50 bits per heavy atom. The Morgan fingerprint density at radius 3 is 2.71 bits per heavy atom. The lowest BCUT2D eigenvalue weighted by atomic mass is 9.87. The van der Waals surface area contributed by atoms with Gasteiger partial charge >= 0.3 is 0 Å². The molecule has 0 saturated carbocycles. The molecule has 82 valence electrons. The second-order valence-corrected chi connectivity index (χ2v) is 3.74. The maximum Gasteiger partial charge on any atom is 0.178 e. The van der Waals surface area contributed by atoms with E-state index in [2.05, 4.69) is 0 Å². The molecule has 0 amide bonds. The Labute approximate surface area is 84.7 Å². The Bertz CT molecular complexity index is 188. The number of ketones is 1. The van der Waals surface area contributed by atoms with Crippen molar-refractivity contribution in [2.24, 2.45) is 5.73 Å². The van der Waals surface area contributed by atoms with Crippen LogP contribution >= 0.6 is 0 Å². The van der Waals surface area contributed by atoms with Crippen molar-refractivity contribution >= 4 is 5.78 Å². The Balaban J connectivity index is 2.33. The second-order valence-electron chi connectivity index (χ2n) is 3.74. The van der Waals surface area contributed by atoms with Crippen LogP contribution in [-0.2, 0) is 14.3 Å². The molecule has 1 saturated heterocycles. The van der Waals surface area contributed by atoms with E-state index in [1.165, 1.54) is 0 Å². The fourth-order valence-corrected chi connectivity index (χ4v) is 1.47. The van der Waals surface area contributed by atoms with E-state index in [-0.39, 0.29) is 12.4 Å². The van der Waals surface area contributed by atoms with Crippen molar-refractivity contribution in [3.8, 4) is 0 Å². The molecule has 0 aromatic heterocycles. The van der Waals surface area contributed by atoms with Crippen molar-refractivity contribution in [3.05, 3.63) is 0 Å². The monoisotopic (exact) mass is 201 g/mol. The molecule has 1 rings (SSSR count). The average Bonchev–Trinajstić information content (AvgIpc) is 2.19. The Hall–Kier alpha value is -0.450. The molecule has 0 aromatic rings. The maximum atomic E-state index is 11.7. The molecule has 0 aromatic carbocycles. The number of ether oxygens (including phenoxy) is 2. The highest BCUT2D eigenvalue weighted by Gasteiger charge is 2.35. The summed E-state index contributed by atoms with van der Waals surface area (Å²) in [6.07, 6.45) is 2.15. The lowest BCUT2D eigenvalue weighted by molar-refractivity contribution is -0.132. The van der Waals surface area contributed by atoms with Crippen LogP contribution in [0.15, 0.2) is 0 Å². The van der Waals surface area contributed by atoms with Gasteiger partial charge in [-0.3, -0.25) is 4.79 Å². The van der Waals surface area contributed by atoms with Crippen LogP contribution in [0.5, 0.6) is 0 Å². The summed E-state index contributed by atoms with van der Waals surface area (Å²) in [5, 5.41) is 0. The highest BCUT2D eigenvalue weighted by atomic mass is 16.5. The highest BCUT2D eigenvalue weighted by molar-refractivity contribution is 5.89. The predicted octanol–water partition coefficient (Wildman–Crippen LogP) is 0.490. The normalized spacial score (nSPS) is 20.7. The largest absolute Gasteiger partial charge is 0.381 e. The van der Waals surface area contributed by atoms with Crippen molar-refractivity contribution in [1.29, 1.82) is 0 Å². The first-order valence-corrected chi connectivity index (χ1v) is 5.17. The lowest BCUT2D eigenvalue weighted by Crippen LogP contribution is -2.53. The zero-order valence-electron chi connectivity index (χ0n) is 8.75. The molecule has 1 heterocycles. The van der Waals surface area contributed by atoms with Crippen molar-refractivity contribution in [1.82, 2.24) is 0 Å². The Kier molecular flexibility index (Phi) is 4.51. The van der Waals surface area contributed by atoms with E-state index in [0.29, 0.717) is 32.7 Å². The van der Waals surface area contributed by atoms with Gasteiger partial charge in [0.1, 0.15) is 6.61 Å². The minimum atomic E-state index is -0.702. The third-order valence-corrected chi connectivity index (χ3v) is 2.52. The summed E-state index contributed by atoms with van der Waals surface area (Å²) in [6.45, 7) is 3.94. The van der Waals surface area contributed by atoms with Gasteiger partial charge in [0.05, 0.1) is 5.54 Å². The fourth-order valence-electron chi connectivity index (χ4n) is 1.47. The maximum absolute atomic E-state index is 11.7.